The maximum atomic E-state index is 11.8. The standard InChI is InChI=1S/C8H13ClN4O4S2/c1-13(2)18(14,15)4-3-12-19(16,17)7-5-10-8(9)11-6-7/h5-6,12H,3-4H2,1-2H3. The summed E-state index contributed by atoms with van der Waals surface area (Å²) in [6, 6.07) is 0. The van der Waals surface area contributed by atoms with Gasteiger partial charge in [0.1, 0.15) is 4.90 Å². The molecule has 0 aliphatic rings. The number of rotatable bonds is 6. The molecule has 0 aliphatic carbocycles. The Labute approximate surface area is 116 Å². The molecular formula is C8H13ClN4O4S2. The van der Waals surface area contributed by atoms with E-state index in [2.05, 4.69) is 14.7 Å². The summed E-state index contributed by atoms with van der Waals surface area (Å²) >= 11 is 5.44. The van der Waals surface area contributed by atoms with Gasteiger partial charge in [-0.25, -0.2) is 35.8 Å². The number of nitrogens with one attached hydrogen (secondary N) is 1. The highest BCUT2D eigenvalue weighted by molar-refractivity contribution is 7.90. The van der Waals surface area contributed by atoms with Gasteiger partial charge >= 0.3 is 0 Å². The largest absolute Gasteiger partial charge is 0.243 e. The van der Waals surface area contributed by atoms with Gasteiger partial charge in [0.05, 0.1) is 18.1 Å². The number of nitrogens with zero attached hydrogens (tertiary/aromatic N) is 3. The lowest BCUT2D eigenvalue weighted by Gasteiger charge is -2.11. The van der Waals surface area contributed by atoms with E-state index < -0.39 is 20.0 Å². The van der Waals surface area contributed by atoms with Gasteiger partial charge in [0.15, 0.2) is 0 Å². The van der Waals surface area contributed by atoms with Crippen molar-refractivity contribution < 1.29 is 16.8 Å². The van der Waals surface area contributed by atoms with Gasteiger partial charge in [-0.2, -0.15) is 0 Å². The molecule has 0 saturated carbocycles. The van der Waals surface area contributed by atoms with E-state index >= 15 is 0 Å². The highest BCUT2D eigenvalue weighted by Gasteiger charge is 2.18. The van der Waals surface area contributed by atoms with E-state index in [0.717, 1.165) is 16.7 Å². The molecule has 8 nitrogen and oxygen atoms in total. The van der Waals surface area contributed by atoms with E-state index in [1.807, 2.05) is 0 Å². The first-order chi connectivity index (χ1) is 8.65. The molecule has 0 saturated heterocycles. The van der Waals surface area contributed by atoms with Crippen LogP contribution in [0.1, 0.15) is 0 Å². The highest BCUT2D eigenvalue weighted by atomic mass is 35.5. The maximum absolute atomic E-state index is 11.8. The Morgan fingerprint density at radius 3 is 2.21 bits per heavy atom. The second-order valence-corrected chi connectivity index (χ2v) is 8.09. The summed E-state index contributed by atoms with van der Waals surface area (Å²) in [4.78, 5) is 6.90. The zero-order valence-corrected chi connectivity index (χ0v) is 12.6. The first-order valence-electron chi connectivity index (χ1n) is 5.02. The van der Waals surface area contributed by atoms with E-state index in [4.69, 9.17) is 11.6 Å². The summed E-state index contributed by atoms with van der Waals surface area (Å²) in [5.41, 5.74) is 0. The van der Waals surface area contributed by atoms with Crippen molar-refractivity contribution in [2.45, 2.75) is 4.90 Å². The van der Waals surface area contributed by atoms with Crippen LogP contribution >= 0.6 is 11.6 Å². The molecule has 1 aromatic rings. The van der Waals surface area contributed by atoms with Gasteiger partial charge in [0.25, 0.3) is 0 Å². The Balaban J connectivity index is 2.70. The fraction of sp³-hybridized carbons (Fsp3) is 0.500. The van der Waals surface area contributed by atoms with E-state index in [0.29, 0.717) is 0 Å². The third-order valence-electron chi connectivity index (χ3n) is 2.12. The topological polar surface area (TPSA) is 109 Å². The van der Waals surface area contributed by atoms with E-state index in [1.54, 1.807) is 0 Å². The fourth-order valence-corrected chi connectivity index (χ4v) is 2.88. The average molecular weight is 329 g/mol. The normalized spacial score (nSPS) is 12.8. The summed E-state index contributed by atoms with van der Waals surface area (Å²) in [7, 11) is -4.55. The van der Waals surface area contributed by atoms with Crippen molar-refractivity contribution in [3.63, 3.8) is 0 Å². The second-order valence-electron chi connectivity index (χ2n) is 3.68. The number of hydrogen-bond donors (Lipinski definition) is 1. The Bertz CT molecular complexity index is 627. The molecular weight excluding hydrogens is 316 g/mol. The molecule has 0 aromatic carbocycles. The number of hydrogen-bond acceptors (Lipinski definition) is 6. The van der Waals surface area contributed by atoms with Crippen LogP contribution in [-0.4, -0.2) is 57.5 Å². The zero-order chi connectivity index (χ0) is 14.7. The van der Waals surface area contributed by atoms with E-state index in [9.17, 15) is 16.8 Å². The van der Waals surface area contributed by atoms with Gasteiger partial charge in [-0.1, -0.05) is 0 Å². The van der Waals surface area contributed by atoms with Crippen molar-refractivity contribution in [1.29, 1.82) is 0 Å². The summed E-state index contributed by atoms with van der Waals surface area (Å²) in [5.74, 6) is -0.340. The molecule has 11 heteroatoms. The van der Waals surface area contributed by atoms with Crippen LogP contribution in [0.5, 0.6) is 0 Å². The van der Waals surface area contributed by atoms with Gasteiger partial charge in [0, 0.05) is 20.6 Å². The van der Waals surface area contributed by atoms with Gasteiger partial charge in [-0.05, 0) is 11.6 Å². The predicted octanol–water partition coefficient (Wildman–Crippen LogP) is -0.700. The van der Waals surface area contributed by atoms with Crippen LogP contribution in [0.15, 0.2) is 17.3 Å². The average Bonchev–Trinajstić information content (AvgIpc) is 2.28. The lowest BCUT2D eigenvalue weighted by molar-refractivity contribution is 0.519. The SMILES string of the molecule is CN(C)S(=O)(=O)CCNS(=O)(=O)c1cnc(Cl)nc1. The number of sulfonamides is 2. The second kappa shape index (κ2) is 6.09. The minimum absolute atomic E-state index is 0.0749. The monoisotopic (exact) mass is 328 g/mol. The van der Waals surface area contributed by atoms with Crippen LogP contribution in [-0.2, 0) is 20.0 Å². The van der Waals surface area contributed by atoms with Crippen LogP contribution in [0.3, 0.4) is 0 Å². The summed E-state index contributed by atoms with van der Waals surface area (Å²) in [6.07, 6.45) is 2.08. The van der Waals surface area contributed by atoms with Gasteiger partial charge in [0.2, 0.25) is 25.3 Å². The van der Waals surface area contributed by atoms with Crippen LogP contribution in [0, 0.1) is 0 Å². The molecule has 1 N–H and O–H groups in total. The third kappa shape index (κ3) is 4.66. The van der Waals surface area contributed by atoms with Crippen LogP contribution in [0.25, 0.3) is 0 Å². The first-order valence-corrected chi connectivity index (χ1v) is 8.49. The Morgan fingerprint density at radius 1 is 1.21 bits per heavy atom. The molecule has 1 rings (SSSR count). The van der Waals surface area contributed by atoms with Gasteiger partial charge in [-0.15, -0.1) is 0 Å². The van der Waals surface area contributed by atoms with Crippen LogP contribution < -0.4 is 4.72 Å². The molecule has 1 aromatic heterocycles. The lowest BCUT2D eigenvalue weighted by atomic mass is 10.7. The highest BCUT2D eigenvalue weighted by Crippen LogP contribution is 2.07. The predicted molar refractivity (Wildman–Crippen MR) is 69.7 cm³/mol. The molecule has 0 atom stereocenters. The minimum Gasteiger partial charge on any atom is -0.225 e. The summed E-state index contributed by atoms with van der Waals surface area (Å²) in [6.45, 7) is -0.245. The van der Waals surface area contributed by atoms with Crippen LogP contribution in [0.2, 0.25) is 5.28 Å². The lowest BCUT2D eigenvalue weighted by Crippen LogP contribution is -2.34. The smallest absolute Gasteiger partial charge is 0.225 e. The quantitative estimate of drug-likeness (QED) is 0.691. The third-order valence-corrected chi connectivity index (χ3v) is 5.56. The summed E-state index contributed by atoms with van der Waals surface area (Å²) < 4.78 is 49.6. The van der Waals surface area contributed by atoms with E-state index in [1.165, 1.54) is 14.1 Å². The fourth-order valence-electron chi connectivity index (χ4n) is 1.01. The Kier molecular flexibility index (Phi) is 5.21. The van der Waals surface area contributed by atoms with Crippen molar-refractivity contribution in [2.75, 3.05) is 26.4 Å². The van der Waals surface area contributed by atoms with Crippen molar-refractivity contribution in [3.8, 4) is 0 Å². The molecule has 0 unspecified atom stereocenters. The molecule has 0 fully saturated rings. The molecule has 0 spiro atoms. The molecule has 0 amide bonds. The number of halogens is 1. The molecule has 0 bridgehead atoms. The molecule has 1 heterocycles. The van der Waals surface area contributed by atoms with Crippen molar-refractivity contribution in [3.05, 3.63) is 17.7 Å². The maximum Gasteiger partial charge on any atom is 0.243 e. The van der Waals surface area contributed by atoms with Gasteiger partial charge in [-0.3, -0.25) is 0 Å². The molecule has 19 heavy (non-hydrogen) atoms. The number of aromatic nitrogens is 2. The van der Waals surface area contributed by atoms with Crippen LogP contribution in [0.4, 0.5) is 0 Å². The molecule has 0 aliphatic heterocycles. The van der Waals surface area contributed by atoms with Crippen molar-refractivity contribution in [2.24, 2.45) is 0 Å². The van der Waals surface area contributed by atoms with Gasteiger partial charge < -0.3 is 0 Å². The molecule has 0 radical (unpaired) electrons. The summed E-state index contributed by atoms with van der Waals surface area (Å²) in [5, 5.41) is -0.0749. The first kappa shape index (κ1) is 16.2. The van der Waals surface area contributed by atoms with Crippen molar-refractivity contribution in [1.82, 2.24) is 19.0 Å². The Hall–Kier alpha value is -0.810. The van der Waals surface area contributed by atoms with Crippen molar-refractivity contribution >= 4 is 31.6 Å². The minimum atomic E-state index is -3.84. The Morgan fingerprint density at radius 2 is 1.74 bits per heavy atom. The zero-order valence-electron chi connectivity index (χ0n) is 10.2. The van der Waals surface area contributed by atoms with E-state index in [-0.39, 0.29) is 22.5 Å². The molecule has 108 valence electrons.